The van der Waals surface area contributed by atoms with Crippen LogP contribution in [0, 0.1) is 6.92 Å². The quantitative estimate of drug-likeness (QED) is 0.480. The Morgan fingerprint density at radius 3 is 3.00 bits per heavy atom. The van der Waals surface area contributed by atoms with Crippen molar-refractivity contribution < 1.29 is 5.21 Å². The van der Waals surface area contributed by atoms with E-state index in [1.165, 1.54) is 0 Å². The van der Waals surface area contributed by atoms with Crippen molar-refractivity contribution in [2.45, 2.75) is 26.2 Å². The summed E-state index contributed by atoms with van der Waals surface area (Å²) < 4.78 is 0. The Labute approximate surface area is 76.3 Å². The molecule has 4 nitrogen and oxygen atoms in total. The number of nitrogens with zero attached hydrogens (tertiary/aromatic N) is 3. The summed E-state index contributed by atoms with van der Waals surface area (Å²) in [7, 11) is 0. The van der Waals surface area contributed by atoms with Crippen molar-refractivity contribution in [1.82, 2.24) is 10.2 Å². The average Bonchev–Trinajstić information content (AvgIpc) is 2.17. The molecule has 0 saturated heterocycles. The highest BCUT2D eigenvalue weighted by Crippen LogP contribution is 2.19. The molecular formula is C9H11N3O. The predicted molar refractivity (Wildman–Crippen MR) is 48.0 cm³/mol. The molecular weight excluding hydrogens is 166 g/mol. The highest BCUT2D eigenvalue weighted by molar-refractivity contribution is 6.01. The third kappa shape index (κ3) is 1.39. The number of hydrogen-bond acceptors (Lipinski definition) is 4. The van der Waals surface area contributed by atoms with E-state index in [0.29, 0.717) is 0 Å². The molecule has 1 heterocycles. The highest BCUT2D eigenvalue weighted by atomic mass is 16.4. The zero-order chi connectivity index (χ0) is 9.26. The maximum absolute atomic E-state index is 8.77. The Morgan fingerprint density at radius 1 is 1.38 bits per heavy atom. The van der Waals surface area contributed by atoms with E-state index in [0.717, 1.165) is 41.9 Å². The van der Waals surface area contributed by atoms with Gasteiger partial charge in [0.05, 0.1) is 17.1 Å². The van der Waals surface area contributed by atoms with Crippen LogP contribution in [0.2, 0.25) is 0 Å². The molecule has 1 N–H and O–H groups in total. The minimum Gasteiger partial charge on any atom is -0.411 e. The van der Waals surface area contributed by atoms with Crippen LogP contribution in [0.15, 0.2) is 11.2 Å². The fourth-order valence-corrected chi connectivity index (χ4v) is 1.61. The van der Waals surface area contributed by atoms with Crippen molar-refractivity contribution in [3.05, 3.63) is 23.0 Å². The zero-order valence-corrected chi connectivity index (χ0v) is 7.49. The Bertz CT molecular complexity index is 360. The first kappa shape index (κ1) is 8.16. The molecule has 0 unspecified atom stereocenters. The van der Waals surface area contributed by atoms with Gasteiger partial charge in [0, 0.05) is 5.56 Å². The number of fused-ring (bicyclic) bond motifs is 1. The fourth-order valence-electron chi connectivity index (χ4n) is 1.61. The molecule has 0 amide bonds. The number of hydrogen-bond donors (Lipinski definition) is 1. The van der Waals surface area contributed by atoms with Crippen LogP contribution in [-0.2, 0) is 6.42 Å². The average molecular weight is 177 g/mol. The second kappa shape index (κ2) is 3.12. The van der Waals surface area contributed by atoms with Crippen molar-refractivity contribution in [1.29, 1.82) is 0 Å². The molecule has 0 spiro atoms. The molecule has 0 bridgehead atoms. The first-order valence-electron chi connectivity index (χ1n) is 4.36. The third-order valence-corrected chi connectivity index (χ3v) is 2.25. The second-order valence-electron chi connectivity index (χ2n) is 3.25. The van der Waals surface area contributed by atoms with Gasteiger partial charge < -0.3 is 5.21 Å². The van der Waals surface area contributed by atoms with Crippen LogP contribution in [0.3, 0.4) is 0 Å². The monoisotopic (exact) mass is 177 g/mol. The van der Waals surface area contributed by atoms with E-state index < -0.39 is 0 Å². The van der Waals surface area contributed by atoms with Crippen LogP contribution in [0.4, 0.5) is 0 Å². The van der Waals surface area contributed by atoms with Crippen LogP contribution >= 0.6 is 0 Å². The van der Waals surface area contributed by atoms with Gasteiger partial charge in [0.2, 0.25) is 0 Å². The van der Waals surface area contributed by atoms with Crippen molar-refractivity contribution in [2.24, 2.45) is 5.16 Å². The Kier molecular flexibility index (Phi) is 1.96. The van der Waals surface area contributed by atoms with Crippen molar-refractivity contribution in [3.8, 4) is 0 Å². The molecule has 0 aromatic carbocycles. The summed E-state index contributed by atoms with van der Waals surface area (Å²) in [6.07, 6.45) is 2.75. The predicted octanol–water partition coefficient (Wildman–Crippen LogP) is 1.30. The topological polar surface area (TPSA) is 58.4 Å². The largest absolute Gasteiger partial charge is 0.411 e. The molecule has 2 rings (SSSR count). The Hall–Kier alpha value is -1.45. The first-order valence-corrected chi connectivity index (χ1v) is 4.36. The van der Waals surface area contributed by atoms with Gasteiger partial charge in [-0.05, 0) is 32.3 Å². The number of oxime groups is 1. The normalized spacial score (nSPS) is 18.7. The lowest BCUT2D eigenvalue weighted by Crippen LogP contribution is -2.14. The summed E-state index contributed by atoms with van der Waals surface area (Å²) in [6.45, 7) is 1.89. The van der Waals surface area contributed by atoms with Gasteiger partial charge in [-0.15, -0.1) is 0 Å². The second-order valence-corrected chi connectivity index (χ2v) is 3.25. The van der Waals surface area contributed by atoms with Gasteiger partial charge in [0.25, 0.3) is 0 Å². The van der Waals surface area contributed by atoms with E-state index in [1.807, 2.05) is 13.0 Å². The van der Waals surface area contributed by atoms with Crippen LogP contribution in [0.5, 0.6) is 0 Å². The molecule has 0 atom stereocenters. The molecule has 1 aromatic heterocycles. The minimum atomic E-state index is 0.735. The lowest BCUT2D eigenvalue weighted by molar-refractivity contribution is 0.317. The van der Waals surface area contributed by atoms with E-state index in [2.05, 4.69) is 15.4 Å². The van der Waals surface area contributed by atoms with Gasteiger partial charge in [-0.25, -0.2) is 0 Å². The Balaban J connectivity index is 2.54. The summed E-state index contributed by atoms with van der Waals surface area (Å²) in [5.74, 6) is 0. The minimum absolute atomic E-state index is 0.735. The van der Waals surface area contributed by atoms with E-state index in [-0.39, 0.29) is 0 Å². The van der Waals surface area contributed by atoms with Crippen molar-refractivity contribution in [2.75, 3.05) is 0 Å². The molecule has 0 aliphatic heterocycles. The SMILES string of the molecule is Cc1cc2c(nn1)CCC/C2=N\O. The highest BCUT2D eigenvalue weighted by Gasteiger charge is 2.17. The molecule has 0 radical (unpaired) electrons. The van der Waals surface area contributed by atoms with E-state index >= 15 is 0 Å². The van der Waals surface area contributed by atoms with E-state index in [1.54, 1.807) is 0 Å². The summed E-state index contributed by atoms with van der Waals surface area (Å²) in [4.78, 5) is 0. The maximum atomic E-state index is 8.77. The number of aryl methyl sites for hydroxylation is 2. The van der Waals surface area contributed by atoms with Gasteiger partial charge in [0.1, 0.15) is 0 Å². The molecule has 0 fully saturated rings. The standard InChI is InChI=1S/C9H11N3O/c1-6-5-7-8(11-10-6)3-2-4-9(7)12-13/h5,13H,2-4H2,1H3/b12-9+. The van der Waals surface area contributed by atoms with Crippen LogP contribution in [0.1, 0.15) is 29.8 Å². The zero-order valence-electron chi connectivity index (χ0n) is 7.49. The summed E-state index contributed by atoms with van der Waals surface area (Å²) in [5, 5.41) is 20.1. The maximum Gasteiger partial charge on any atom is 0.0887 e. The van der Waals surface area contributed by atoms with Gasteiger partial charge in [0.15, 0.2) is 0 Å². The number of aromatic nitrogens is 2. The van der Waals surface area contributed by atoms with Crippen molar-refractivity contribution in [3.63, 3.8) is 0 Å². The molecule has 13 heavy (non-hydrogen) atoms. The molecule has 0 saturated carbocycles. The van der Waals surface area contributed by atoms with Gasteiger partial charge in [-0.3, -0.25) is 0 Å². The molecule has 4 heteroatoms. The van der Waals surface area contributed by atoms with Gasteiger partial charge >= 0.3 is 0 Å². The van der Waals surface area contributed by atoms with Gasteiger partial charge in [-0.2, -0.15) is 10.2 Å². The molecule has 1 aliphatic rings. The summed E-state index contributed by atoms with van der Waals surface area (Å²) >= 11 is 0. The third-order valence-electron chi connectivity index (χ3n) is 2.25. The molecule has 1 aliphatic carbocycles. The fraction of sp³-hybridized carbons (Fsp3) is 0.444. The van der Waals surface area contributed by atoms with Crippen LogP contribution < -0.4 is 0 Å². The summed E-state index contributed by atoms with van der Waals surface area (Å²) in [5.41, 5.74) is 3.51. The summed E-state index contributed by atoms with van der Waals surface area (Å²) in [6, 6.07) is 1.93. The van der Waals surface area contributed by atoms with E-state index in [4.69, 9.17) is 5.21 Å². The van der Waals surface area contributed by atoms with E-state index in [9.17, 15) is 0 Å². The number of rotatable bonds is 0. The molecule has 1 aromatic rings. The molecule has 68 valence electrons. The smallest absolute Gasteiger partial charge is 0.0887 e. The van der Waals surface area contributed by atoms with Gasteiger partial charge in [-0.1, -0.05) is 5.16 Å². The van der Waals surface area contributed by atoms with Crippen LogP contribution in [0.25, 0.3) is 0 Å². The lowest BCUT2D eigenvalue weighted by atomic mass is 9.94. The van der Waals surface area contributed by atoms with Crippen LogP contribution in [-0.4, -0.2) is 21.1 Å². The Morgan fingerprint density at radius 2 is 2.23 bits per heavy atom. The first-order chi connectivity index (χ1) is 6.31. The van der Waals surface area contributed by atoms with Crippen molar-refractivity contribution >= 4 is 5.71 Å². The lowest BCUT2D eigenvalue weighted by Gasteiger charge is -2.14.